The molecule has 0 saturated heterocycles. The van der Waals surface area contributed by atoms with Crippen molar-refractivity contribution < 1.29 is 0 Å². The van der Waals surface area contributed by atoms with E-state index in [2.05, 4.69) is 58.8 Å². The molecule has 1 aromatic carbocycles. The van der Waals surface area contributed by atoms with Crippen LogP contribution in [0.2, 0.25) is 0 Å². The van der Waals surface area contributed by atoms with Crippen LogP contribution in [0, 0.1) is 5.41 Å². The number of aromatic nitrogens is 2. The van der Waals surface area contributed by atoms with Gasteiger partial charge in [-0.05, 0) is 30.2 Å². The van der Waals surface area contributed by atoms with Crippen LogP contribution in [0.1, 0.15) is 50.8 Å². The summed E-state index contributed by atoms with van der Waals surface area (Å²) in [6, 6.07) is 8.23. The third kappa shape index (κ3) is 1.56. The first kappa shape index (κ1) is 14.2. The Bertz CT molecular complexity index is 784. The second-order valence-electron chi connectivity index (χ2n) is 7.32. The Kier molecular flexibility index (Phi) is 2.78. The first-order chi connectivity index (χ1) is 10.4. The van der Waals surface area contributed by atoms with E-state index in [1.807, 2.05) is 12.1 Å². The summed E-state index contributed by atoms with van der Waals surface area (Å²) in [4.78, 5) is 9.30. The molecular formula is C18H20BrN3. The molecule has 114 valence electrons. The maximum absolute atomic E-state index is 6.06. The molecule has 2 N–H and O–H groups in total. The molecule has 2 atom stereocenters. The zero-order valence-corrected chi connectivity index (χ0v) is 14.7. The Morgan fingerprint density at radius 1 is 1.18 bits per heavy atom. The minimum Gasteiger partial charge on any atom is -0.368 e. The van der Waals surface area contributed by atoms with Gasteiger partial charge in [0, 0.05) is 21.0 Å². The van der Waals surface area contributed by atoms with Crippen LogP contribution in [-0.4, -0.2) is 9.97 Å². The van der Waals surface area contributed by atoms with E-state index in [0.717, 1.165) is 15.7 Å². The molecule has 3 nitrogen and oxygen atoms in total. The lowest BCUT2D eigenvalue weighted by molar-refractivity contribution is 0.227. The molecule has 0 spiro atoms. The first-order valence-corrected chi connectivity index (χ1v) is 8.58. The van der Waals surface area contributed by atoms with Crippen LogP contribution >= 0.6 is 15.9 Å². The molecular weight excluding hydrogens is 338 g/mol. The molecule has 1 heterocycles. The van der Waals surface area contributed by atoms with Crippen molar-refractivity contribution in [2.75, 3.05) is 5.73 Å². The summed E-state index contributed by atoms with van der Waals surface area (Å²) in [6.45, 7) is 7.08. The predicted octanol–water partition coefficient (Wildman–Crippen LogP) is 4.66. The maximum Gasteiger partial charge on any atom is 0.220 e. The Labute approximate surface area is 139 Å². The summed E-state index contributed by atoms with van der Waals surface area (Å²) < 4.78 is 1.06. The molecule has 0 amide bonds. The highest BCUT2D eigenvalue weighted by Crippen LogP contribution is 2.68. The summed E-state index contributed by atoms with van der Waals surface area (Å²) in [5, 5.41) is 0. The average molecular weight is 358 g/mol. The predicted molar refractivity (Wildman–Crippen MR) is 92.7 cm³/mol. The monoisotopic (exact) mass is 357 g/mol. The zero-order chi connectivity index (χ0) is 15.7. The van der Waals surface area contributed by atoms with E-state index in [-0.39, 0.29) is 10.8 Å². The van der Waals surface area contributed by atoms with Crippen LogP contribution in [0.25, 0.3) is 11.3 Å². The van der Waals surface area contributed by atoms with Gasteiger partial charge in [-0.2, -0.15) is 0 Å². The van der Waals surface area contributed by atoms with Gasteiger partial charge in [0.15, 0.2) is 0 Å². The summed E-state index contributed by atoms with van der Waals surface area (Å²) in [6.07, 6.45) is 2.39. The smallest absolute Gasteiger partial charge is 0.220 e. The third-order valence-electron chi connectivity index (χ3n) is 6.19. The Morgan fingerprint density at radius 2 is 1.91 bits per heavy atom. The van der Waals surface area contributed by atoms with E-state index >= 15 is 0 Å². The molecule has 4 heteroatoms. The lowest BCUT2D eigenvalue weighted by Crippen LogP contribution is -2.32. The molecule has 4 rings (SSSR count). The van der Waals surface area contributed by atoms with Crippen molar-refractivity contribution in [1.82, 2.24) is 9.97 Å². The fourth-order valence-corrected chi connectivity index (χ4v) is 5.00. The number of hydrogen-bond acceptors (Lipinski definition) is 3. The van der Waals surface area contributed by atoms with Gasteiger partial charge >= 0.3 is 0 Å². The van der Waals surface area contributed by atoms with Crippen molar-refractivity contribution in [2.24, 2.45) is 5.41 Å². The number of hydrogen-bond donors (Lipinski definition) is 1. The van der Waals surface area contributed by atoms with Crippen molar-refractivity contribution in [1.29, 1.82) is 0 Å². The summed E-state index contributed by atoms with van der Waals surface area (Å²) >= 11 is 3.66. The van der Waals surface area contributed by atoms with Crippen molar-refractivity contribution in [2.45, 2.75) is 44.9 Å². The standard InChI is InChI=1S/C18H20BrN3/c1-17(2)11-8-9-18(17,3)15-13(11)14(21-16(20)22-15)10-6-4-5-7-12(10)19/h4-7,11H,8-9H2,1-3H3,(H2,20,21,22). The van der Waals surface area contributed by atoms with Gasteiger partial charge in [-0.1, -0.05) is 54.9 Å². The Hall–Kier alpha value is -1.42. The molecule has 22 heavy (non-hydrogen) atoms. The highest BCUT2D eigenvalue weighted by atomic mass is 79.9. The van der Waals surface area contributed by atoms with E-state index in [1.165, 1.54) is 24.1 Å². The normalized spacial score (nSPS) is 27.9. The van der Waals surface area contributed by atoms with Crippen LogP contribution < -0.4 is 5.73 Å². The van der Waals surface area contributed by atoms with E-state index in [1.54, 1.807) is 0 Å². The van der Waals surface area contributed by atoms with E-state index in [9.17, 15) is 0 Å². The minimum absolute atomic E-state index is 0.0973. The van der Waals surface area contributed by atoms with Crippen LogP contribution in [0.4, 0.5) is 5.95 Å². The molecule has 1 aromatic heterocycles. The molecule has 2 aliphatic carbocycles. The number of halogens is 1. The van der Waals surface area contributed by atoms with Crippen LogP contribution in [-0.2, 0) is 5.41 Å². The van der Waals surface area contributed by atoms with E-state index in [4.69, 9.17) is 5.73 Å². The van der Waals surface area contributed by atoms with Crippen LogP contribution in [0.15, 0.2) is 28.7 Å². The third-order valence-corrected chi connectivity index (χ3v) is 6.88. The second-order valence-corrected chi connectivity index (χ2v) is 8.17. The van der Waals surface area contributed by atoms with Crippen LogP contribution in [0.5, 0.6) is 0 Å². The van der Waals surface area contributed by atoms with Crippen LogP contribution in [0.3, 0.4) is 0 Å². The van der Waals surface area contributed by atoms with Gasteiger partial charge in [-0.25, -0.2) is 9.97 Å². The lowest BCUT2D eigenvalue weighted by Gasteiger charge is -2.34. The Morgan fingerprint density at radius 3 is 2.64 bits per heavy atom. The molecule has 2 aliphatic rings. The Balaban J connectivity index is 2.05. The largest absolute Gasteiger partial charge is 0.368 e. The van der Waals surface area contributed by atoms with Crippen molar-refractivity contribution in [3.63, 3.8) is 0 Å². The van der Waals surface area contributed by atoms with Gasteiger partial charge in [-0.3, -0.25) is 0 Å². The minimum atomic E-state index is 0.0973. The molecule has 2 aromatic rings. The highest BCUT2D eigenvalue weighted by Gasteiger charge is 2.61. The zero-order valence-electron chi connectivity index (χ0n) is 13.2. The number of nitrogens with two attached hydrogens (primary N) is 1. The number of benzene rings is 1. The van der Waals surface area contributed by atoms with Gasteiger partial charge in [0.25, 0.3) is 0 Å². The summed E-state index contributed by atoms with van der Waals surface area (Å²) in [5.41, 5.74) is 11.0. The van der Waals surface area contributed by atoms with Gasteiger partial charge < -0.3 is 5.73 Å². The molecule has 0 aliphatic heterocycles. The van der Waals surface area contributed by atoms with Gasteiger partial charge in [0.2, 0.25) is 5.95 Å². The fraction of sp³-hybridized carbons (Fsp3) is 0.444. The van der Waals surface area contributed by atoms with E-state index in [0.29, 0.717) is 11.9 Å². The average Bonchev–Trinajstić information content (AvgIpc) is 2.79. The van der Waals surface area contributed by atoms with Gasteiger partial charge in [0.1, 0.15) is 0 Å². The summed E-state index contributed by atoms with van der Waals surface area (Å²) in [5.74, 6) is 0.893. The quantitative estimate of drug-likeness (QED) is 0.806. The van der Waals surface area contributed by atoms with Crippen molar-refractivity contribution >= 4 is 21.9 Å². The van der Waals surface area contributed by atoms with Gasteiger partial charge in [-0.15, -0.1) is 0 Å². The van der Waals surface area contributed by atoms with Crippen molar-refractivity contribution in [3.05, 3.63) is 40.0 Å². The van der Waals surface area contributed by atoms with Crippen molar-refractivity contribution in [3.8, 4) is 11.3 Å². The molecule has 0 radical (unpaired) electrons. The fourth-order valence-electron chi connectivity index (χ4n) is 4.53. The topological polar surface area (TPSA) is 51.8 Å². The second kappa shape index (κ2) is 4.31. The summed E-state index contributed by atoms with van der Waals surface area (Å²) in [7, 11) is 0. The number of anilines is 1. The molecule has 2 unspecified atom stereocenters. The number of fused-ring (bicyclic) bond motifs is 5. The molecule has 1 saturated carbocycles. The lowest BCUT2D eigenvalue weighted by atomic mass is 9.70. The maximum atomic E-state index is 6.06. The SMILES string of the molecule is CC12CCC(c3c(-c4ccccc4Br)nc(N)nc31)C2(C)C. The number of nitrogen functional groups attached to an aromatic ring is 1. The van der Waals surface area contributed by atoms with E-state index < -0.39 is 0 Å². The van der Waals surface area contributed by atoms with Gasteiger partial charge in [0.05, 0.1) is 11.4 Å². The number of rotatable bonds is 1. The number of nitrogens with zero attached hydrogens (tertiary/aromatic N) is 2. The molecule has 1 fully saturated rings. The first-order valence-electron chi connectivity index (χ1n) is 7.79. The molecule has 2 bridgehead atoms. The highest BCUT2D eigenvalue weighted by molar-refractivity contribution is 9.10.